The van der Waals surface area contributed by atoms with Gasteiger partial charge in [-0.3, -0.25) is 9.59 Å². The summed E-state index contributed by atoms with van der Waals surface area (Å²) in [6.45, 7) is 3.39. The fourth-order valence-corrected chi connectivity index (χ4v) is 3.94. The minimum absolute atomic E-state index is 0.0298. The van der Waals surface area contributed by atoms with E-state index in [-0.39, 0.29) is 11.8 Å². The van der Waals surface area contributed by atoms with Crippen LogP contribution in [0, 0.1) is 6.92 Å². The molecule has 1 fully saturated rings. The maximum Gasteiger partial charge on any atom is 0.290 e. The number of carbonyl (C=O) groups excluding carboxylic acids is 2. The van der Waals surface area contributed by atoms with Gasteiger partial charge in [-0.25, -0.2) is 0 Å². The lowest BCUT2D eigenvalue weighted by molar-refractivity contribution is -0.122. The first-order chi connectivity index (χ1) is 12.1. The SMILES string of the molecule is Cc1ccc2c(c1)CCCN2C(=O)[C@@H]1CCCN1C(=O)c1ccco1. The number of fused-ring (bicyclic) bond motifs is 1. The highest BCUT2D eigenvalue weighted by Crippen LogP contribution is 2.31. The summed E-state index contributed by atoms with van der Waals surface area (Å²) in [5, 5.41) is 0. The topological polar surface area (TPSA) is 53.8 Å². The van der Waals surface area contributed by atoms with Crippen LogP contribution in [0.15, 0.2) is 41.0 Å². The van der Waals surface area contributed by atoms with E-state index in [4.69, 9.17) is 4.42 Å². The molecule has 0 spiro atoms. The van der Waals surface area contributed by atoms with Crippen molar-refractivity contribution in [1.29, 1.82) is 0 Å². The number of rotatable bonds is 2. The molecule has 130 valence electrons. The summed E-state index contributed by atoms with van der Waals surface area (Å²) in [5.41, 5.74) is 3.43. The average molecular weight is 338 g/mol. The van der Waals surface area contributed by atoms with Crippen LogP contribution >= 0.6 is 0 Å². The number of furan rings is 1. The van der Waals surface area contributed by atoms with Gasteiger partial charge in [-0.2, -0.15) is 0 Å². The second-order valence-corrected chi connectivity index (χ2v) is 6.86. The van der Waals surface area contributed by atoms with Crippen LogP contribution in [-0.2, 0) is 11.2 Å². The molecule has 2 aliphatic rings. The zero-order chi connectivity index (χ0) is 17.4. The molecular weight excluding hydrogens is 316 g/mol. The third-order valence-electron chi connectivity index (χ3n) is 5.15. The quantitative estimate of drug-likeness (QED) is 0.845. The Morgan fingerprint density at radius 3 is 2.84 bits per heavy atom. The van der Waals surface area contributed by atoms with Crippen molar-refractivity contribution in [2.75, 3.05) is 18.0 Å². The fourth-order valence-electron chi connectivity index (χ4n) is 3.94. The molecule has 1 atom stereocenters. The molecule has 5 heteroatoms. The van der Waals surface area contributed by atoms with E-state index in [1.165, 1.54) is 17.4 Å². The lowest BCUT2D eigenvalue weighted by Crippen LogP contribution is -2.49. The molecule has 0 radical (unpaired) electrons. The average Bonchev–Trinajstić information content (AvgIpc) is 3.31. The maximum absolute atomic E-state index is 13.2. The third kappa shape index (κ3) is 2.84. The number of benzene rings is 1. The molecule has 2 aromatic rings. The van der Waals surface area contributed by atoms with Crippen LogP contribution in [0.25, 0.3) is 0 Å². The highest BCUT2D eigenvalue weighted by molar-refractivity contribution is 6.02. The first-order valence-corrected chi connectivity index (χ1v) is 8.90. The molecule has 0 bridgehead atoms. The van der Waals surface area contributed by atoms with E-state index in [9.17, 15) is 9.59 Å². The molecule has 5 nitrogen and oxygen atoms in total. The Morgan fingerprint density at radius 1 is 1.16 bits per heavy atom. The Bertz CT molecular complexity index is 797. The van der Waals surface area contributed by atoms with Crippen LogP contribution in [-0.4, -0.2) is 35.8 Å². The molecule has 2 amide bonds. The van der Waals surface area contributed by atoms with Gasteiger partial charge in [-0.05, 0) is 56.4 Å². The van der Waals surface area contributed by atoms with Gasteiger partial charge in [0.15, 0.2) is 5.76 Å². The van der Waals surface area contributed by atoms with Gasteiger partial charge in [-0.1, -0.05) is 17.7 Å². The van der Waals surface area contributed by atoms with Gasteiger partial charge in [0, 0.05) is 18.8 Å². The molecule has 3 heterocycles. The van der Waals surface area contributed by atoms with Crippen LogP contribution < -0.4 is 4.90 Å². The largest absolute Gasteiger partial charge is 0.459 e. The van der Waals surface area contributed by atoms with Crippen molar-refractivity contribution in [2.24, 2.45) is 0 Å². The number of amides is 2. The molecule has 0 saturated carbocycles. The molecular formula is C20H22N2O3. The Labute approximate surface area is 147 Å². The number of aryl methyl sites for hydroxylation is 2. The second-order valence-electron chi connectivity index (χ2n) is 6.86. The number of carbonyl (C=O) groups is 2. The Hall–Kier alpha value is -2.56. The smallest absolute Gasteiger partial charge is 0.290 e. The Morgan fingerprint density at radius 2 is 2.04 bits per heavy atom. The van der Waals surface area contributed by atoms with Gasteiger partial charge < -0.3 is 14.2 Å². The summed E-state index contributed by atoms with van der Waals surface area (Å²) in [7, 11) is 0. The van der Waals surface area contributed by atoms with E-state index < -0.39 is 6.04 Å². The molecule has 2 aliphatic heterocycles. The Balaban J connectivity index is 1.60. The van der Waals surface area contributed by atoms with Crippen molar-refractivity contribution in [3.8, 4) is 0 Å². The highest BCUT2D eigenvalue weighted by atomic mass is 16.3. The number of likely N-dealkylation sites (tertiary alicyclic amines) is 1. The van der Waals surface area contributed by atoms with Crippen molar-refractivity contribution >= 4 is 17.5 Å². The Kier molecular flexibility index (Phi) is 4.07. The van der Waals surface area contributed by atoms with Crippen LogP contribution in [0.3, 0.4) is 0 Å². The van der Waals surface area contributed by atoms with Crippen LogP contribution in [0.5, 0.6) is 0 Å². The summed E-state index contributed by atoms with van der Waals surface area (Å²) >= 11 is 0. The maximum atomic E-state index is 13.2. The number of hydrogen-bond acceptors (Lipinski definition) is 3. The first-order valence-electron chi connectivity index (χ1n) is 8.90. The molecule has 1 saturated heterocycles. The number of nitrogens with zero attached hydrogens (tertiary/aromatic N) is 2. The highest BCUT2D eigenvalue weighted by Gasteiger charge is 2.39. The summed E-state index contributed by atoms with van der Waals surface area (Å²) in [4.78, 5) is 29.4. The van der Waals surface area contributed by atoms with Crippen molar-refractivity contribution in [1.82, 2.24) is 4.90 Å². The minimum Gasteiger partial charge on any atom is -0.459 e. The fraction of sp³-hybridized carbons (Fsp3) is 0.400. The van der Waals surface area contributed by atoms with E-state index in [0.29, 0.717) is 25.3 Å². The van der Waals surface area contributed by atoms with Gasteiger partial charge in [0.2, 0.25) is 5.91 Å². The zero-order valence-electron chi connectivity index (χ0n) is 14.4. The molecule has 1 aromatic heterocycles. The lowest BCUT2D eigenvalue weighted by atomic mass is 9.98. The van der Waals surface area contributed by atoms with E-state index in [1.807, 2.05) is 17.0 Å². The zero-order valence-corrected chi connectivity index (χ0v) is 14.4. The number of anilines is 1. The van der Waals surface area contributed by atoms with Gasteiger partial charge >= 0.3 is 0 Å². The molecule has 1 aromatic carbocycles. The molecule has 25 heavy (non-hydrogen) atoms. The summed E-state index contributed by atoms with van der Waals surface area (Å²) in [6.07, 6.45) is 5.01. The first kappa shape index (κ1) is 15.9. The molecule has 0 aliphatic carbocycles. The van der Waals surface area contributed by atoms with E-state index in [0.717, 1.165) is 24.9 Å². The third-order valence-corrected chi connectivity index (χ3v) is 5.15. The van der Waals surface area contributed by atoms with Crippen molar-refractivity contribution < 1.29 is 14.0 Å². The lowest BCUT2D eigenvalue weighted by Gasteiger charge is -2.34. The van der Waals surface area contributed by atoms with Crippen LogP contribution in [0.1, 0.15) is 40.9 Å². The molecule has 4 rings (SSSR count). The van der Waals surface area contributed by atoms with Crippen LogP contribution in [0.4, 0.5) is 5.69 Å². The van der Waals surface area contributed by atoms with Crippen LogP contribution in [0.2, 0.25) is 0 Å². The van der Waals surface area contributed by atoms with Crippen molar-refractivity contribution in [2.45, 2.75) is 38.6 Å². The molecule has 0 N–H and O–H groups in total. The van der Waals surface area contributed by atoms with Crippen molar-refractivity contribution in [3.05, 3.63) is 53.5 Å². The normalized spacial score (nSPS) is 19.8. The summed E-state index contributed by atoms with van der Waals surface area (Å²) in [6, 6.07) is 9.20. The summed E-state index contributed by atoms with van der Waals surface area (Å²) in [5.74, 6) is 0.138. The predicted octanol–water partition coefficient (Wildman–Crippen LogP) is 3.17. The molecule has 0 unspecified atom stereocenters. The number of hydrogen-bond donors (Lipinski definition) is 0. The minimum atomic E-state index is -0.398. The van der Waals surface area contributed by atoms with E-state index in [1.54, 1.807) is 17.0 Å². The second kappa shape index (κ2) is 6.39. The van der Waals surface area contributed by atoms with Crippen molar-refractivity contribution in [3.63, 3.8) is 0 Å². The monoisotopic (exact) mass is 338 g/mol. The van der Waals surface area contributed by atoms with Gasteiger partial charge in [0.05, 0.1) is 6.26 Å². The summed E-state index contributed by atoms with van der Waals surface area (Å²) < 4.78 is 5.23. The standard InChI is InChI=1S/C20H22N2O3/c1-14-8-9-16-15(13-14)5-2-10-21(16)19(23)17-6-3-11-22(17)20(24)18-7-4-12-25-18/h4,7-9,12-13,17H,2-3,5-6,10-11H2,1H3/t17-/m0/s1. The van der Waals surface area contributed by atoms with Gasteiger partial charge in [-0.15, -0.1) is 0 Å². The van der Waals surface area contributed by atoms with Gasteiger partial charge in [0.25, 0.3) is 5.91 Å². The van der Waals surface area contributed by atoms with E-state index in [2.05, 4.69) is 13.0 Å². The van der Waals surface area contributed by atoms with E-state index >= 15 is 0 Å². The predicted molar refractivity (Wildman–Crippen MR) is 94.6 cm³/mol. The van der Waals surface area contributed by atoms with Gasteiger partial charge in [0.1, 0.15) is 6.04 Å².